The summed E-state index contributed by atoms with van der Waals surface area (Å²) < 4.78 is 36.0. The molecule has 164 valence electrons. The standard InChI is InChI=1S/C23H22F2N6O/c1-12-13(2)28-23-21(27-12)20(17-5-4-16(24)9-18(17)25)29-22(30-23)14-6-7-32-19(8-14)15-10-26-31(3)11-15/h4-5,9-11,14,19H,6-8H2,1-3H3/t14-,19-/m1/s1. The molecule has 0 N–H and O–H groups in total. The normalized spacial score (nSPS) is 18.9. The summed E-state index contributed by atoms with van der Waals surface area (Å²) >= 11 is 0. The molecule has 7 nitrogen and oxygen atoms in total. The van der Waals surface area contributed by atoms with Gasteiger partial charge in [0.25, 0.3) is 0 Å². The molecule has 1 aliphatic heterocycles. The zero-order valence-electron chi connectivity index (χ0n) is 18.0. The van der Waals surface area contributed by atoms with Crippen molar-refractivity contribution < 1.29 is 13.5 Å². The fraction of sp³-hybridized carbons (Fsp3) is 0.348. The van der Waals surface area contributed by atoms with Gasteiger partial charge in [-0.05, 0) is 38.8 Å². The molecule has 9 heteroatoms. The molecule has 0 spiro atoms. The van der Waals surface area contributed by atoms with Crippen LogP contribution in [0.2, 0.25) is 0 Å². The summed E-state index contributed by atoms with van der Waals surface area (Å²) in [6, 6.07) is 3.45. The summed E-state index contributed by atoms with van der Waals surface area (Å²) in [7, 11) is 1.86. The van der Waals surface area contributed by atoms with Crippen LogP contribution in [0.5, 0.6) is 0 Å². The average Bonchev–Trinajstić information content (AvgIpc) is 3.21. The van der Waals surface area contributed by atoms with E-state index in [1.165, 1.54) is 12.1 Å². The largest absolute Gasteiger partial charge is 0.373 e. The fourth-order valence-corrected chi connectivity index (χ4v) is 4.05. The first-order chi connectivity index (χ1) is 15.4. The van der Waals surface area contributed by atoms with Crippen molar-refractivity contribution in [3.05, 3.63) is 65.0 Å². The highest BCUT2D eigenvalue weighted by atomic mass is 19.1. The van der Waals surface area contributed by atoms with E-state index >= 15 is 0 Å². The lowest BCUT2D eigenvalue weighted by atomic mass is 9.92. The molecular formula is C23H22F2N6O. The van der Waals surface area contributed by atoms with Crippen molar-refractivity contribution in [1.82, 2.24) is 29.7 Å². The first-order valence-corrected chi connectivity index (χ1v) is 10.5. The smallest absolute Gasteiger partial charge is 0.182 e. The second-order valence-corrected chi connectivity index (χ2v) is 8.15. The van der Waals surface area contributed by atoms with Crippen LogP contribution in [-0.4, -0.2) is 36.3 Å². The lowest BCUT2D eigenvalue weighted by Gasteiger charge is -2.28. The molecule has 0 aliphatic carbocycles. The number of aryl methyl sites for hydroxylation is 3. The molecule has 0 unspecified atom stereocenters. The Morgan fingerprint density at radius 1 is 1.06 bits per heavy atom. The van der Waals surface area contributed by atoms with E-state index in [2.05, 4.69) is 15.1 Å². The molecule has 1 aliphatic rings. The van der Waals surface area contributed by atoms with Gasteiger partial charge in [-0.15, -0.1) is 0 Å². The molecule has 3 aromatic heterocycles. The van der Waals surface area contributed by atoms with Crippen LogP contribution in [0.15, 0.2) is 30.6 Å². The van der Waals surface area contributed by atoms with Crippen molar-refractivity contribution in [2.45, 2.75) is 38.7 Å². The highest BCUT2D eigenvalue weighted by molar-refractivity contribution is 5.87. The summed E-state index contributed by atoms with van der Waals surface area (Å²) in [5.41, 5.74) is 3.75. The minimum Gasteiger partial charge on any atom is -0.373 e. The Kier molecular flexibility index (Phi) is 5.13. The summed E-state index contributed by atoms with van der Waals surface area (Å²) in [4.78, 5) is 18.6. The van der Waals surface area contributed by atoms with E-state index in [9.17, 15) is 8.78 Å². The van der Waals surface area contributed by atoms with Gasteiger partial charge in [-0.3, -0.25) is 4.68 Å². The van der Waals surface area contributed by atoms with Crippen LogP contribution < -0.4 is 0 Å². The van der Waals surface area contributed by atoms with Gasteiger partial charge in [0.1, 0.15) is 28.7 Å². The second kappa shape index (κ2) is 7.98. The molecule has 5 rings (SSSR count). The van der Waals surface area contributed by atoms with Gasteiger partial charge in [0.2, 0.25) is 0 Å². The molecular weight excluding hydrogens is 414 g/mol. The molecule has 1 aromatic carbocycles. The predicted molar refractivity (Wildman–Crippen MR) is 114 cm³/mol. The number of halogens is 2. The van der Waals surface area contributed by atoms with E-state index in [1.54, 1.807) is 10.9 Å². The van der Waals surface area contributed by atoms with Crippen molar-refractivity contribution in [2.24, 2.45) is 7.05 Å². The van der Waals surface area contributed by atoms with E-state index < -0.39 is 11.6 Å². The number of hydrogen-bond acceptors (Lipinski definition) is 6. The summed E-state index contributed by atoms with van der Waals surface area (Å²) in [6.07, 6.45) is 5.00. The number of benzene rings is 1. The molecule has 1 fully saturated rings. The zero-order valence-corrected chi connectivity index (χ0v) is 18.0. The van der Waals surface area contributed by atoms with Gasteiger partial charge in [0.15, 0.2) is 5.65 Å². The van der Waals surface area contributed by atoms with Gasteiger partial charge in [-0.25, -0.2) is 28.7 Å². The highest BCUT2D eigenvalue weighted by Crippen LogP contribution is 2.38. The number of ether oxygens (including phenoxy) is 1. The van der Waals surface area contributed by atoms with Gasteiger partial charge < -0.3 is 4.74 Å². The van der Waals surface area contributed by atoms with Crippen molar-refractivity contribution in [2.75, 3.05) is 6.61 Å². The summed E-state index contributed by atoms with van der Waals surface area (Å²) in [5, 5.41) is 4.23. The number of fused-ring (bicyclic) bond motifs is 1. The minimum atomic E-state index is -0.698. The molecule has 2 atom stereocenters. The average molecular weight is 436 g/mol. The summed E-state index contributed by atoms with van der Waals surface area (Å²) in [6.45, 7) is 4.23. The third-order valence-corrected chi connectivity index (χ3v) is 5.89. The lowest BCUT2D eigenvalue weighted by molar-refractivity contribution is 0.00398. The maximum absolute atomic E-state index is 14.7. The van der Waals surface area contributed by atoms with Crippen LogP contribution >= 0.6 is 0 Å². The van der Waals surface area contributed by atoms with Gasteiger partial charge >= 0.3 is 0 Å². The number of aromatic nitrogens is 6. The van der Waals surface area contributed by atoms with Gasteiger partial charge in [0.05, 0.1) is 23.7 Å². The first-order valence-electron chi connectivity index (χ1n) is 10.5. The molecule has 1 saturated heterocycles. The van der Waals surface area contributed by atoms with Crippen molar-refractivity contribution in [3.63, 3.8) is 0 Å². The van der Waals surface area contributed by atoms with Crippen LogP contribution in [0.3, 0.4) is 0 Å². The fourth-order valence-electron chi connectivity index (χ4n) is 4.05. The van der Waals surface area contributed by atoms with E-state index in [-0.39, 0.29) is 17.6 Å². The van der Waals surface area contributed by atoms with Crippen LogP contribution in [0, 0.1) is 25.5 Å². The molecule has 4 heterocycles. The van der Waals surface area contributed by atoms with Crippen LogP contribution in [0.1, 0.15) is 47.6 Å². The Labute approximate surface area is 183 Å². The zero-order chi connectivity index (χ0) is 22.4. The number of rotatable bonds is 3. The highest BCUT2D eigenvalue weighted by Gasteiger charge is 2.29. The van der Waals surface area contributed by atoms with E-state index in [1.807, 2.05) is 27.1 Å². The van der Waals surface area contributed by atoms with Crippen molar-refractivity contribution >= 4 is 11.2 Å². The predicted octanol–water partition coefficient (Wildman–Crippen LogP) is 4.35. The van der Waals surface area contributed by atoms with E-state index in [4.69, 9.17) is 14.7 Å². The SMILES string of the molecule is Cc1nc2nc([C@@H]3CCO[C@@H](c4cnn(C)c4)C3)nc(-c3ccc(F)cc3F)c2nc1C. The maximum Gasteiger partial charge on any atom is 0.182 e. The van der Waals surface area contributed by atoms with Gasteiger partial charge in [-0.2, -0.15) is 5.10 Å². The van der Waals surface area contributed by atoms with Crippen LogP contribution in [-0.2, 0) is 11.8 Å². The first kappa shape index (κ1) is 20.6. The Morgan fingerprint density at radius 3 is 2.62 bits per heavy atom. The Balaban J connectivity index is 1.62. The monoisotopic (exact) mass is 436 g/mol. The van der Waals surface area contributed by atoms with E-state index in [0.717, 1.165) is 23.7 Å². The van der Waals surface area contributed by atoms with Crippen molar-refractivity contribution in [3.8, 4) is 11.3 Å². The minimum absolute atomic E-state index is 0.0102. The van der Waals surface area contributed by atoms with E-state index in [0.29, 0.717) is 41.4 Å². The molecule has 0 saturated carbocycles. The topological polar surface area (TPSA) is 78.6 Å². The molecule has 0 bridgehead atoms. The molecule has 32 heavy (non-hydrogen) atoms. The second-order valence-electron chi connectivity index (χ2n) is 8.15. The van der Waals surface area contributed by atoms with Gasteiger partial charge in [0, 0.05) is 43.0 Å². The number of hydrogen-bond donors (Lipinski definition) is 0. The molecule has 4 aromatic rings. The quantitative estimate of drug-likeness (QED) is 0.475. The Hall–Kier alpha value is -3.33. The summed E-state index contributed by atoms with van der Waals surface area (Å²) in [5.74, 6) is -0.794. The van der Waals surface area contributed by atoms with Gasteiger partial charge in [-0.1, -0.05) is 0 Å². The van der Waals surface area contributed by atoms with Crippen molar-refractivity contribution in [1.29, 1.82) is 0 Å². The maximum atomic E-state index is 14.7. The third-order valence-electron chi connectivity index (χ3n) is 5.89. The molecule has 0 amide bonds. The third kappa shape index (κ3) is 3.73. The van der Waals surface area contributed by atoms with Crippen LogP contribution in [0.4, 0.5) is 8.78 Å². The Morgan fingerprint density at radius 2 is 1.88 bits per heavy atom. The lowest BCUT2D eigenvalue weighted by Crippen LogP contribution is -2.20. The molecule has 0 radical (unpaired) electrons. The Bertz CT molecular complexity index is 1320. The number of nitrogens with zero attached hydrogens (tertiary/aromatic N) is 6. The van der Waals surface area contributed by atoms with Crippen LogP contribution in [0.25, 0.3) is 22.4 Å².